The number of aromatic nitrogens is 2. The number of nitrogens with one attached hydrogen (secondary N) is 2. The number of thiazole rings is 1. The molecule has 1 amide bonds. The molecule has 0 unspecified atom stereocenters. The van der Waals surface area contributed by atoms with E-state index in [0.717, 1.165) is 38.6 Å². The first-order valence-corrected chi connectivity index (χ1v) is 9.05. The Labute approximate surface area is 154 Å². The Kier molecular flexibility index (Phi) is 4.41. The molecular formula is C20H17N3O2S. The van der Waals surface area contributed by atoms with Crippen LogP contribution in [0.4, 0.5) is 5.69 Å². The zero-order chi connectivity index (χ0) is 17.9. The molecule has 0 fully saturated rings. The molecule has 0 aliphatic carbocycles. The molecule has 26 heavy (non-hydrogen) atoms. The first-order valence-electron chi connectivity index (χ1n) is 8.17. The van der Waals surface area contributed by atoms with Crippen molar-refractivity contribution in [3.05, 3.63) is 65.8 Å². The molecule has 4 aromatic rings. The van der Waals surface area contributed by atoms with E-state index in [0.29, 0.717) is 0 Å². The van der Waals surface area contributed by atoms with E-state index in [1.165, 1.54) is 11.3 Å². The third-order valence-corrected chi connectivity index (χ3v) is 5.01. The molecule has 0 saturated carbocycles. The van der Waals surface area contributed by atoms with Gasteiger partial charge in [0.15, 0.2) is 0 Å². The average molecular weight is 363 g/mol. The number of rotatable bonds is 5. The molecule has 6 heteroatoms. The van der Waals surface area contributed by atoms with Gasteiger partial charge in [-0.15, -0.1) is 11.3 Å². The highest BCUT2D eigenvalue weighted by molar-refractivity contribution is 7.13. The molecule has 0 aliphatic heterocycles. The van der Waals surface area contributed by atoms with Crippen molar-refractivity contribution in [1.29, 1.82) is 0 Å². The van der Waals surface area contributed by atoms with Crippen molar-refractivity contribution in [3.8, 4) is 16.3 Å². The van der Waals surface area contributed by atoms with Gasteiger partial charge in [0.1, 0.15) is 10.8 Å². The van der Waals surface area contributed by atoms with Crippen molar-refractivity contribution in [2.24, 2.45) is 0 Å². The minimum absolute atomic E-state index is 0.0773. The number of aromatic amines is 1. The second-order valence-electron chi connectivity index (χ2n) is 5.88. The summed E-state index contributed by atoms with van der Waals surface area (Å²) in [4.78, 5) is 20.0. The predicted molar refractivity (Wildman–Crippen MR) is 105 cm³/mol. The lowest BCUT2D eigenvalue weighted by atomic mass is 10.2. The average Bonchev–Trinajstić information content (AvgIpc) is 3.30. The Morgan fingerprint density at radius 2 is 2.04 bits per heavy atom. The number of anilines is 1. The van der Waals surface area contributed by atoms with Gasteiger partial charge in [-0.3, -0.25) is 4.79 Å². The number of fused-ring (bicyclic) bond motifs is 1. The summed E-state index contributed by atoms with van der Waals surface area (Å²) in [6.45, 7) is 0. The highest BCUT2D eigenvalue weighted by Crippen LogP contribution is 2.26. The van der Waals surface area contributed by atoms with Crippen LogP contribution in [0.15, 0.2) is 60.1 Å². The monoisotopic (exact) mass is 363 g/mol. The summed E-state index contributed by atoms with van der Waals surface area (Å²) < 4.78 is 5.17. The van der Waals surface area contributed by atoms with Gasteiger partial charge in [0.2, 0.25) is 5.91 Å². The largest absolute Gasteiger partial charge is 0.497 e. The third kappa shape index (κ3) is 3.45. The Bertz CT molecular complexity index is 1050. The smallest absolute Gasteiger partial charge is 0.230 e. The Balaban J connectivity index is 1.43. The van der Waals surface area contributed by atoms with Gasteiger partial charge >= 0.3 is 0 Å². The number of hydrogen-bond acceptors (Lipinski definition) is 4. The lowest BCUT2D eigenvalue weighted by molar-refractivity contribution is -0.115. The van der Waals surface area contributed by atoms with E-state index in [4.69, 9.17) is 4.74 Å². The molecule has 2 aromatic heterocycles. The van der Waals surface area contributed by atoms with Gasteiger partial charge in [0, 0.05) is 33.7 Å². The molecule has 2 aromatic carbocycles. The molecule has 0 bridgehead atoms. The van der Waals surface area contributed by atoms with E-state index >= 15 is 0 Å². The number of H-pyrrole nitrogens is 1. The fourth-order valence-corrected chi connectivity index (χ4v) is 3.58. The van der Waals surface area contributed by atoms with Crippen LogP contribution in [0.1, 0.15) is 5.69 Å². The first kappa shape index (κ1) is 16.4. The van der Waals surface area contributed by atoms with Gasteiger partial charge in [0.05, 0.1) is 19.2 Å². The number of benzene rings is 2. The minimum atomic E-state index is -0.0773. The molecule has 5 nitrogen and oxygen atoms in total. The quantitative estimate of drug-likeness (QED) is 0.549. The normalized spacial score (nSPS) is 10.8. The zero-order valence-electron chi connectivity index (χ0n) is 14.2. The Hall–Kier alpha value is -3.12. The second kappa shape index (κ2) is 7.01. The molecule has 130 valence electrons. The first-order chi connectivity index (χ1) is 12.7. The van der Waals surface area contributed by atoms with Crippen LogP contribution in [0.3, 0.4) is 0 Å². The Morgan fingerprint density at radius 1 is 1.19 bits per heavy atom. The van der Waals surface area contributed by atoms with Crippen LogP contribution in [0, 0.1) is 0 Å². The van der Waals surface area contributed by atoms with Crippen LogP contribution in [0.2, 0.25) is 0 Å². The predicted octanol–water partition coefficient (Wildman–Crippen LogP) is 4.48. The molecule has 2 heterocycles. The molecule has 0 spiro atoms. The molecule has 2 N–H and O–H groups in total. The van der Waals surface area contributed by atoms with Crippen LogP contribution in [-0.2, 0) is 11.2 Å². The van der Waals surface area contributed by atoms with E-state index < -0.39 is 0 Å². The van der Waals surface area contributed by atoms with Gasteiger partial charge in [-0.2, -0.15) is 0 Å². The van der Waals surface area contributed by atoms with Crippen molar-refractivity contribution in [2.75, 3.05) is 12.4 Å². The summed E-state index contributed by atoms with van der Waals surface area (Å²) in [5.74, 6) is 0.732. The Morgan fingerprint density at radius 3 is 2.85 bits per heavy atom. The highest BCUT2D eigenvalue weighted by atomic mass is 32.1. The summed E-state index contributed by atoms with van der Waals surface area (Å²) in [7, 11) is 1.64. The van der Waals surface area contributed by atoms with E-state index in [-0.39, 0.29) is 12.3 Å². The van der Waals surface area contributed by atoms with Crippen molar-refractivity contribution < 1.29 is 9.53 Å². The number of ether oxygens (including phenoxy) is 1. The van der Waals surface area contributed by atoms with Crippen molar-refractivity contribution >= 4 is 33.8 Å². The van der Waals surface area contributed by atoms with Crippen LogP contribution in [-0.4, -0.2) is 23.0 Å². The summed E-state index contributed by atoms with van der Waals surface area (Å²) in [6.07, 6.45) is 2.13. The molecule has 0 radical (unpaired) electrons. The maximum atomic E-state index is 12.3. The lowest BCUT2D eigenvalue weighted by Gasteiger charge is -2.04. The van der Waals surface area contributed by atoms with Gasteiger partial charge in [-0.25, -0.2) is 4.98 Å². The van der Waals surface area contributed by atoms with Crippen molar-refractivity contribution in [2.45, 2.75) is 6.42 Å². The molecule has 4 rings (SSSR count). The SMILES string of the molecule is COc1ccc(-c2nc(CC(=O)Nc3ccc4[nH]ccc4c3)cs2)cc1. The number of nitrogens with zero attached hydrogens (tertiary/aromatic N) is 1. The topological polar surface area (TPSA) is 67.0 Å². The number of carbonyl (C=O) groups excluding carboxylic acids is 1. The van der Waals surface area contributed by atoms with Gasteiger partial charge in [-0.05, 0) is 48.5 Å². The zero-order valence-corrected chi connectivity index (χ0v) is 15.0. The summed E-state index contributed by atoms with van der Waals surface area (Å²) >= 11 is 1.53. The maximum absolute atomic E-state index is 12.3. The number of amides is 1. The van der Waals surface area contributed by atoms with E-state index in [1.807, 2.05) is 60.1 Å². The van der Waals surface area contributed by atoms with Gasteiger partial charge in [0.25, 0.3) is 0 Å². The summed E-state index contributed by atoms with van der Waals surface area (Å²) in [5, 5.41) is 6.82. The third-order valence-electron chi connectivity index (χ3n) is 4.07. The van der Waals surface area contributed by atoms with E-state index in [9.17, 15) is 4.79 Å². The summed E-state index contributed by atoms with van der Waals surface area (Å²) in [6, 6.07) is 15.5. The molecule has 0 aliphatic rings. The van der Waals surface area contributed by atoms with Crippen LogP contribution in [0.25, 0.3) is 21.5 Å². The van der Waals surface area contributed by atoms with E-state index in [1.54, 1.807) is 7.11 Å². The van der Waals surface area contributed by atoms with Crippen molar-refractivity contribution in [1.82, 2.24) is 9.97 Å². The van der Waals surface area contributed by atoms with Crippen LogP contribution >= 0.6 is 11.3 Å². The van der Waals surface area contributed by atoms with Crippen molar-refractivity contribution in [3.63, 3.8) is 0 Å². The highest BCUT2D eigenvalue weighted by Gasteiger charge is 2.10. The molecule has 0 saturated heterocycles. The second-order valence-corrected chi connectivity index (χ2v) is 6.74. The fourth-order valence-electron chi connectivity index (χ4n) is 2.76. The molecule has 0 atom stereocenters. The maximum Gasteiger partial charge on any atom is 0.230 e. The van der Waals surface area contributed by atoms with Crippen LogP contribution in [0.5, 0.6) is 5.75 Å². The number of methoxy groups -OCH3 is 1. The van der Waals surface area contributed by atoms with Crippen LogP contribution < -0.4 is 10.1 Å². The lowest BCUT2D eigenvalue weighted by Crippen LogP contribution is -2.14. The number of hydrogen-bond donors (Lipinski definition) is 2. The van der Waals surface area contributed by atoms with E-state index in [2.05, 4.69) is 15.3 Å². The standard InChI is InChI=1S/C20H17N3O2S/c1-25-17-5-2-13(3-6-17)20-23-16(12-26-20)11-19(24)22-15-4-7-18-14(10-15)8-9-21-18/h2-10,12,21H,11H2,1H3,(H,22,24). The van der Waals surface area contributed by atoms with Gasteiger partial charge in [-0.1, -0.05) is 0 Å². The fraction of sp³-hybridized carbons (Fsp3) is 0.100. The number of carbonyl (C=O) groups is 1. The molecular weight excluding hydrogens is 346 g/mol. The summed E-state index contributed by atoms with van der Waals surface area (Å²) in [5.41, 5.74) is 3.61. The van der Waals surface area contributed by atoms with Gasteiger partial charge < -0.3 is 15.0 Å². The minimum Gasteiger partial charge on any atom is -0.497 e.